The zero-order valence-corrected chi connectivity index (χ0v) is 7.77. The summed E-state index contributed by atoms with van der Waals surface area (Å²) >= 11 is 2.09. The highest BCUT2D eigenvalue weighted by Crippen LogP contribution is 2.20. The van der Waals surface area contributed by atoms with Crippen LogP contribution in [0, 0.1) is 0 Å². The summed E-state index contributed by atoms with van der Waals surface area (Å²) in [5.74, 6) is 1.30. The molecule has 2 aliphatic heterocycles. The Labute approximate surface area is 72.3 Å². The molecule has 0 radical (unpaired) electrons. The van der Waals surface area contributed by atoms with Gasteiger partial charge in [0.2, 0.25) is 0 Å². The van der Waals surface area contributed by atoms with E-state index in [0.717, 1.165) is 11.9 Å². The molecule has 2 aliphatic rings. The van der Waals surface area contributed by atoms with Gasteiger partial charge in [-0.05, 0) is 0 Å². The van der Waals surface area contributed by atoms with Crippen LogP contribution in [0.2, 0.25) is 0 Å². The summed E-state index contributed by atoms with van der Waals surface area (Å²) in [6, 6.07) is 0. The van der Waals surface area contributed by atoms with E-state index in [1.165, 1.54) is 25.4 Å². The Balaban J connectivity index is 1.73. The molecule has 2 atom stereocenters. The zero-order valence-electron chi connectivity index (χ0n) is 6.95. The van der Waals surface area contributed by atoms with Crippen LogP contribution in [0.1, 0.15) is 6.92 Å². The Morgan fingerprint density at radius 1 is 1.64 bits per heavy atom. The van der Waals surface area contributed by atoms with Gasteiger partial charge in [-0.25, -0.2) is 0 Å². The van der Waals surface area contributed by atoms with Crippen LogP contribution in [-0.2, 0) is 4.74 Å². The first-order valence-corrected chi connectivity index (χ1v) is 5.35. The molecule has 2 fully saturated rings. The summed E-state index contributed by atoms with van der Waals surface area (Å²) < 4.78 is 5.20. The van der Waals surface area contributed by atoms with Crippen molar-refractivity contribution in [3.63, 3.8) is 0 Å². The fourth-order valence-corrected chi connectivity index (χ4v) is 2.60. The molecule has 2 heterocycles. The number of epoxide rings is 1. The van der Waals surface area contributed by atoms with Gasteiger partial charge in [0.25, 0.3) is 0 Å². The van der Waals surface area contributed by atoms with Crippen molar-refractivity contribution < 1.29 is 4.74 Å². The van der Waals surface area contributed by atoms with E-state index in [9.17, 15) is 0 Å². The number of ether oxygens (including phenoxy) is 1. The molecule has 0 aromatic rings. The summed E-state index contributed by atoms with van der Waals surface area (Å²) in [6.45, 7) is 6.99. The third kappa shape index (κ3) is 2.36. The Morgan fingerprint density at radius 3 is 3.09 bits per heavy atom. The lowest BCUT2D eigenvalue weighted by Gasteiger charge is -2.29. The van der Waals surface area contributed by atoms with Gasteiger partial charge in [-0.2, -0.15) is 11.8 Å². The molecule has 2 saturated heterocycles. The number of rotatable bonds is 2. The molecular weight excluding hydrogens is 158 g/mol. The van der Waals surface area contributed by atoms with Crippen molar-refractivity contribution in [1.29, 1.82) is 0 Å². The summed E-state index contributed by atoms with van der Waals surface area (Å²) in [6.07, 6.45) is 0.574. The Morgan fingerprint density at radius 2 is 2.45 bits per heavy atom. The van der Waals surface area contributed by atoms with Gasteiger partial charge in [-0.15, -0.1) is 0 Å². The minimum Gasteiger partial charge on any atom is -0.372 e. The van der Waals surface area contributed by atoms with E-state index < -0.39 is 0 Å². The lowest BCUT2D eigenvalue weighted by atomic mass is 10.3. The molecule has 2 nitrogen and oxygen atoms in total. The van der Waals surface area contributed by atoms with Crippen molar-refractivity contribution in [2.75, 3.05) is 32.0 Å². The summed E-state index contributed by atoms with van der Waals surface area (Å²) in [5, 5.41) is 0.822. The highest BCUT2D eigenvalue weighted by Gasteiger charge is 2.27. The lowest BCUT2D eigenvalue weighted by molar-refractivity contribution is 0.251. The summed E-state index contributed by atoms with van der Waals surface area (Å²) in [7, 11) is 0. The van der Waals surface area contributed by atoms with Crippen LogP contribution in [0.5, 0.6) is 0 Å². The number of thioether (sulfide) groups is 1. The first kappa shape index (κ1) is 7.90. The molecule has 0 spiro atoms. The van der Waals surface area contributed by atoms with Gasteiger partial charge in [-0.1, -0.05) is 6.92 Å². The molecule has 64 valence electrons. The summed E-state index contributed by atoms with van der Waals surface area (Å²) in [5.41, 5.74) is 0. The van der Waals surface area contributed by atoms with E-state index in [1.54, 1.807) is 0 Å². The van der Waals surface area contributed by atoms with Gasteiger partial charge in [0.15, 0.2) is 0 Å². The smallest absolute Gasteiger partial charge is 0.0936 e. The number of hydrogen-bond donors (Lipinski definition) is 0. The maximum atomic E-state index is 5.20. The van der Waals surface area contributed by atoms with Crippen LogP contribution in [0.4, 0.5) is 0 Å². The molecule has 0 bridgehead atoms. The van der Waals surface area contributed by atoms with E-state index in [0.29, 0.717) is 6.10 Å². The topological polar surface area (TPSA) is 15.8 Å². The average molecular weight is 173 g/mol. The van der Waals surface area contributed by atoms with Crippen molar-refractivity contribution >= 4 is 11.8 Å². The monoisotopic (exact) mass is 173 g/mol. The SMILES string of the molecule is CC1CN(C[C@H]2CO2)CCS1. The predicted molar refractivity (Wildman–Crippen MR) is 48.1 cm³/mol. The highest BCUT2D eigenvalue weighted by atomic mass is 32.2. The van der Waals surface area contributed by atoms with Crippen molar-refractivity contribution in [1.82, 2.24) is 4.90 Å². The molecule has 3 heteroatoms. The van der Waals surface area contributed by atoms with Crippen molar-refractivity contribution in [3.8, 4) is 0 Å². The van der Waals surface area contributed by atoms with Gasteiger partial charge in [0, 0.05) is 30.6 Å². The Kier molecular flexibility index (Phi) is 2.39. The summed E-state index contributed by atoms with van der Waals surface area (Å²) in [4.78, 5) is 2.53. The molecule has 11 heavy (non-hydrogen) atoms. The maximum absolute atomic E-state index is 5.20. The maximum Gasteiger partial charge on any atom is 0.0936 e. The van der Waals surface area contributed by atoms with Gasteiger partial charge in [0.1, 0.15) is 0 Å². The molecule has 0 saturated carbocycles. The highest BCUT2D eigenvalue weighted by molar-refractivity contribution is 7.99. The second kappa shape index (κ2) is 3.33. The molecule has 1 unspecified atom stereocenters. The average Bonchev–Trinajstić information content (AvgIpc) is 2.71. The standard InChI is InChI=1S/C8H15NOS/c1-7-4-9(2-3-11-7)5-8-6-10-8/h7-8H,2-6H2,1H3/t7?,8-/m0/s1. The fourth-order valence-electron chi connectivity index (χ4n) is 1.52. The molecule has 0 N–H and O–H groups in total. The zero-order chi connectivity index (χ0) is 7.68. The van der Waals surface area contributed by atoms with Crippen molar-refractivity contribution in [2.45, 2.75) is 18.3 Å². The van der Waals surface area contributed by atoms with E-state index in [2.05, 4.69) is 23.6 Å². The molecule has 0 aromatic carbocycles. The van der Waals surface area contributed by atoms with E-state index >= 15 is 0 Å². The van der Waals surface area contributed by atoms with Crippen LogP contribution in [0.25, 0.3) is 0 Å². The second-order valence-corrected chi connectivity index (χ2v) is 4.94. The molecule has 0 amide bonds. The third-order valence-corrected chi connectivity index (χ3v) is 3.33. The van der Waals surface area contributed by atoms with Gasteiger partial charge in [0.05, 0.1) is 12.7 Å². The minimum absolute atomic E-state index is 0.574. The quantitative estimate of drug-likeness (QED) is 0.575. The van der Waals surface area contributed by atoms with Crippen LogP contribution in [0.15, 0.2) is 0 Å². The molecule has 0 aromatic heterocycles. The van der Waals surface area contributed by atoms with E-state index in [-0.39, 0.29) is 0 Å². The molecular formula is C8H15NOS. The van der Waals surface area contributed by atoms with Crippen LogP contribution >= 0.6 is 11.8 Å². The minimum atomic E-state index is 0.574. The first-order valence-electron chi connectivity index (χ1n) is 4.30. The largest absolute Gasteiger partial charge is 0.372 e. The van der Waals surface area contributed by atoms with Gasteiger partial charge >= 0.3 is 0 Å². The Hall–Kier alpha value is 0.270. The fraction of sp³-hybridized carbons (Fsp3) is 1.00. The second-order valence-electron chi connectivity index (χ2n) is 3.40. The van der Waals surface area contributed by atoms with Crippen LogP contribution in [0.3, 0.4) is 0 Å². The van der Waals surface area contributed by atoms with Crippen LogP contribution < -0.4 is 0 Å². The Bertz CT molecular complexity index is 136. The number of hydrogen-bond acceptors (Lipinski definition) is 3. The van der Waals surface area contributed by atoms with Gasteiger partial charge in [-0.3, -0.25) is 4.90 Å². The van der Waals surface area contributed by atoms with Crippen LogP contribution in [-0.4, -0.2) is 48.2 Å². The van der Waals surface area contributed by atoms with Gasteiger partial charge < -0.3 is 4.74 Å². The van der Waals surface area contributed by atoms with E-state index in [4.69, 9.17) is 4.74 Å². The predicted octanol–water partition coefficient (Wildman–Crippen LogP) is 0.823. The third-order valence-electron chi connectivity index (χ3n) is 2.19. The molecule has 0 aliphatic carbocycles. The van der Waals surface area contributed by atoms with Crippen molar-refractivity contribution in [3.05, 3.63) is 0 Å². The normalized spacial score (nSPS) is 39.0. The first-order chi connectivity index (χ1) is 5.34. The lowest BCUT2D eigenvalue weighted by Crippen LogP contribution is -2.38. The van der Waals surface area contributed by atoms with E-state index in [1.807, 2.05) is 0 Å². The van der Waals surface area contributed by atoms with Crippen molar-refractivity contribution in [2.24, 2.45) is 0 Å². The molecule has 2 rings (SSSR count). The number of nitrogens with zero attached hydrogens (tertiary/aromatic N) is 1.